The van der Waals surface area contributed by atoms with E-state index in [0.29, 0.717) is 11.3 Å². The number of hydrogen-bond acceptors (Lipinski definition) is 7. The van der Waals surface area contributed by atoms with E-state index in [1.54, 1.807) is 31.2 Å². The maximum atomic E-state index is 11.8. The van der Waals surface area contributed by atoms with E-state index in [1.165, 1.54) is 7.11 Å². The minimum Gasteiger partial charge on any atom is -0.468 e. The van der Waals surface area contributed by atoms with Gasteiger partial charge in [-0.25, -0.2) is 4.79 Å². The van der Waals surface area contributed by atoms with Gasteiger partial charge in [0.2, 0.25) is 0 Å². The highest BCUT2D eigenvalue weighted by molar-refractivity contribution is 7.86. The summed E-state index contributed by atoms with van der Waals surface area (Å²) in [6.07, 6.45) is -0.238. The van der Waals surface area contributed by atoms with E-state index in [1.807, 2.05) is 0 Å². The summed E-state index contributed by atoms with van der Waals surface area (Å²) in [5, 5.41) is 0. The largest absolute Gasteiger partial charge is 0.468 e. The zero-order chi connectivity index (χ0) is 16.6. The molecule has 0 heterocycles. The standard InChI is InChI=1S/C14H20O7S/c1-4-19-14(15)13(21-22(3,16)17)9-11-5-7-12(8-6-11)20-10-18-2/h5-8,13H,4,9-10H2,1-3H3. The first-order chi connectivity index (χ1) is 10.4. The molecule has 0 bridgehead atoms. The van der Waals surface area contributed by atoms with Crippen molar-refractivity contribution < 1.29 is 31.6 Å². The van der Waals surface area contributed by atoms with Crippen LogP contribution in [0.2, 0.25) is 0 Å². The Bertz CT molecular complexity index is 565. The molecule has 0 saturated carbocycles. The van der Waals surface area contributed by atoms with E-state index in [0.717, 1.165) is 6.26 Å². The van der Waals surface area contributed by atoms with Crippen molar-refractivity contribution in [2.45, 2.75) is 19.4 Å². The normalized spacial score (nSPS) is 12.7. The van der Waals surface area contributed by atoms with Gasteiger partial charge in [-0.3, -0.25) is 4.18 Å². The average Bonchev–Trinajstić information content (AvgIpc) is 2.44. The topological polar surface area (TPSA) is 88.1 Å². The minimum atomic E-state index is -3.77. The van der Waals surface area contributed by atoms with E-state index < -0.39 is 22.2 Å². The van der Waals surface area contributed by atoms with Crippen molar-refractivity contribution >= 4 is 16.1 Å². The first-order valence-corrected chi connectivity index (χ1v) is 8.43. The van der Waals surface area contributed by atoms with Crippen LogP contribution in [0, 0.1) is 0 Å². The van der Waals surface area contributed by atoms with Crippen molar-refractivity contribution in [2.75, 3.05) is 26.8 Å². The number of hydrogen-bond donors (Lipinski definition) is 0. The SMILES string of the molecule is CCOC(=O)C(Cc1ccc(OCOC)cc1)OS(C)(=O)=O. The Balaban J connectivity index is 2.78. The van der Waals surface area contributed by atoms with Gasteiger partial charge >= 0.3 is 5.97 Å². The lowest BCUT2D eigenvalue weighted by molar-refractivity contribution is -0.151. The molecule has 1 aromatic carbocycles. The molecule has 0 radical (unpaired) electrons. The van der Waals surface area contributed by atoms with Crippen LogP contribution in [-0.2, 0) is 35.0 Å². The van der Waals surface area contributed by atoms with Crippen molar-refractivity contribution in [1.82, 2.24) is 0 Å². The van der Waals surface area contributed by atoms with Crippen molar-refractivity contribution in [3.05, 3.63) is 29.8 Å². The second kappa shape index (κ2) is 8.72. The summed E-state index contributed by atoms with van der Waals surface area (Å²) in [6, 6.07) is 6.81. The lowest BCUT2D eigenvalue weighted by Crippen LogP contribution is -2.31. The van der Waals surface area contributed by atoms with Crippen molar-refractivity contribution in [3.63, 3.8) is 0 Å². The summed E-state index contributed by atoms with van der Waals surface area (Å²) in [6.45, 7) is 1.91. The highest BCUT2D eigenvalue weighted by atomic mass is 32.2. The molecule has 0 aliphatic rings. The third-order valence-corrected chi connectivity index (χ3v) is 3.11. The summed E-state index contributed by atoms with van der Waals surface area (Å²) < 4.78 is 42.1. The molecule has 0 aliphatic heterocycles. The predicted octanol–water partition coefficient (Wildman–Crippen LogP) is 1.12. The smallest absolute Gasteiger partial charge is 0.337 e. The lowest BCUT2D eigenvalue weighted by atomic mass is 10.1. The lowest BCUT2D eigenvalue weighted by Gasteiger charge is -2.15. The number of esters is 1. The Morgan fingerprint density at radius 1 is 1.23 bits per heavy atom. The molecule has 1 aromatic rings. The number of carbonyl (C=O) groups excluding carboxylic acids is 1. The molecule has 0 aromatic heterocycles. The van der Waals surface area contributed by atoms with Crippen LogP contribution in [0.15, 0.2) is 24.3 Å². The average molecular weight is 332 g/mol. The third-order valence-electron chi connectivity index (χ3n) is 2.53. The number of ether oxygens (including phenoxy) is 3. The first-order valence-electron chi connectivity index (χ1n) is 6.61. The zero-order valence-electron chi connectivity index (χ0n) is 12.8. The van der Waals surface area contributed by atoms with Gasteiger partial charge in [0, 0.05) is 13.5 Å². The van der Waals surface area contributed by atoms with Gasteiger partial charge in [-0.2, -0.15) is 8.42 Å². The van der Waals surface area contributed by atoms with E-state index in [-0.39, 0.29) is 19.8 Å². The summed E-state index contributed by atoms with van der Waals surface area (Å²) in [5.74, 6) is -0.116. The van der Waals surface area contributed by atoms with E-state index >= 15 is 0 Å². The van der Waals surface area contributed by atoms with Gasteiger partial charge < -0.3 is 14.2 Å². The fourth-order valence-electron chi connectivity index (χ4n) is 1.67. The summed E-state index contributed by atoms with van der Waals surface area (Å²) in [7, 11) is -2.25. The van der Waals surface area contributed by atoms with Crippen LogP contribution in [0.1, 0.15) is 12.5 Å². The Morgan fingerprint density at radius 2 is 1.86 bits per heavy atom. The maximum Gasteiger partial charge on any atom is 0.337 e. The Morgan fingerprint density at radius 3 is 2.36 bits per heavy atom. The van der Waals surface area contributed by atoms with Gasteiger partial charge in [0.15, 0.2) is 12.9 Å². The maximum absolute atomic E-state index is 11.8. The highest BCUT2D eigenvalue weighted by Crippen LogP contribution is 2.15. The fourth-order valence-corrected chi connectivity index (χ4v) is 2.23. The summed E-state index contributed by atoms with van der Waals surface area (Å²) >= 11 is 0. The van der Waals surface area contributed by atoms with Crippen LogP contribution in [-0.4, -0.2) is 47.3 Å². The Labute approximate surface area is 130 Å². The number of methoxy groups -OCH3 is 1. The number of carbonyl (C=O) groups is 1. The van der Waals surface area contributed by atoms with Gasteiger partial charge in [-0.05, 0) is 24.6 Å². The molecule has 0 spiro atoms. The van der Waals surface area contributed by atoms with Crippen LogP contribution in [0.25, 0.3) is 0 Å². The fraction of sp³-hybridized carbons (Fsp3) is 0.500. The van der Waals surface area contributed by atoms with Crippen LogP contribution in [0.5, 0.6) is 5.75 Å². The van der Waals surface area contributed by atoms with E-state index in [2.05, 4.69) is 0 Å². The Hall–Kier alpha value is -1.64. The van der Waals surface area contributed by atoms with E-state index in [4.69, 9.17) is 18.4 Å². The van der Waals surface area contributed by atoms with Gasteiger partial charge in [0.1, 0.15) is 5.75 Å². The molecule has 1 rings (SSSR count). The first kappa shape index (κ1) is 18.4. The summed E-state index contributed by atoms with van der Waals surface area (Å²) in [4.78, 5) is 11.8. The Kier molecular flexibility index (Phi) is 7.30. The minimum absolute atomic E-state index is 0.0798. The molecule has 1 atom stereocenters. The highest BCUT2D eigenvalue weighted by Gasteiger charge is 2.25. The van der Waals surface area contributed by atoms with Crippen molar-refractivity contribution in [2.24, 2.45) is 0 Å². The van der Waals surface area contributed by atoms with Gasteiger partial charge in [0.05, 0.1) is 12.9 Å². The third kappa shape index (κ3) is 6.88. The number of benzene rings is 1. The van der Waals surface area contributed by atoms with Crippen LogP contribution in [0.3, 0.4) is 0 Å². The van der Waals surface area contributed by atoms with E-state index in [9.17, 15) is 13.2 Å². The van der Waals surface area contributed by atoms with Gasteiger partial charge in [0.25, 0.3) is 10.1 Å². The quantitative estimate of drug-likeness (QED) is 0.380. The molecule has 7 nitrogen and oxygen atoms in total. The van der Waals surface area contributed by atoms with Crippen LogP contribution in [0.4, 0.5) is 0 Å². The molecule has 0 aliphatic carbocycles. The molecule has 1 unspecified atom stereocenters. The molecule has 0 amide bonds. The van der Waals surface area contributed by atoms with Crippen LogP contribution < -0.4 is 4.74 Å². The zero-order valence-corrected chi connectivity index (χ0v) is 13.6. The second-order valence-corrected chi connectivity index (χ2v) is 6.04. The van der Waals surface area contributed by atoms with Gasteiger partial charge in [-0.15, -0.1) is 0 Å². The summed E-state index contributed by atoms with van der Waals surface area (Å²) in [5.41, 5.74) is 0.714. The molecule has 124 valence electrons. The molecule has 8 heteroatoms. The molecular weight excluding hydrogens is 312 g/mol. The molecule has 0 saturated heterocycles. The molecular formula is C14H20O7S. The van der Waals surface area contributed by atoms with Crippen LogP contribution >= 0.6 is 0 Å². The van der Waals surface area contributed by atoms with Crippen molar-refractivity contribution in [3.8, 4) is 5.75 Å². The van der Waals surface area contributed by atoms with Gasteiger partial charge in [-0.1, -0.05) is 12.1 Å². The predicted molar refractivity (Wildman–Crippen MR) is 79.0 cm³/mol. The van der Waals surface area contributed by atoms with Crippen molar-refractivity contribution in [1.29, 1.82) is 0 Å². The molecule has 0 fully saturated rings. The molecule has 0 N–H and O–H groups in total. The monoisotopic (exact) mass is 332 g/mol. The molecule has 22 heavy (non-hydrogen) atoms. The second-order valence-electron chi connectivity index (χ2n) is 4.44. The number of rotatable bonds is 9.